The van der Waals surface area contributed by atoms with Crippen molar-refractivity contribution in [3.63, 3.8) is 0 Å². The fraction of sp³-hybridized carbons (Fsp3) is 0.400. The molecule has 9 heteroatoms. The number of benzene rings is 1. The molecule has 0 spiro atoms. The van der Waals surface area contributed by atoms with Crippen LogP contribution < -0.4 is 11.1 Å². The maximum Gasteiger partial charge on any atom is 0.238 e. The van der Waals surface area contributed by atoms with Gasteiger partial charge >= 0.3 is 0 Å². The number of rotatable bonds is 3. The number of nitrogens with zero attached hydrogens (tertiary/aromatic N) is 3. The van der Waals surface area contributed by atoms with E-state index in [0.29, 0.717) is 10.7 Å². The zero-order valence-electron chi connectivity index (χ0n) is 13.0. The van der Waals surface area contributed by atoms with Gasteiger partial charge in [-0.2, -0.15) is 0 Å². The molecule has 0 fully saturated rings. The minimum Gasteiger partial charge on any atom is -0.325 e. The predicted molar refractivity (Wildman–Crippen MR) is 100 cm³/mol. The smallest absolute Gasteiger partial charge is 0.238 e. The van der Waals surface area contributed by atoms with E-state index in [-0.39, 0.29) is 37.3 Å². The Hall–Kier alpha value is -1.34. The van der Waals surface area contributed by atoms with E-state index >= 15 is 0 Å². The number of nitrogens with one attached hydrogen (secondary N) is 1. The highest BCUT2D eigenvalue weighted by atomic mass is 35.5. The highest BCUT2D eigenvalue weighted by Crippen LogP contribution is 2.31. The Morgan fingerprint density at radius 2 is 2.04 bits per heavy atom. The molecule has 0 unspecified atom stereocenters. The minimum atomic E-state index is -0.242. The molecule has 3 rings (SSSR count). The van der Waals surface area contributed by atoms with Crippen LogP contribution >= 0.6 is 36.4 Å². The largest absolute Gasteiger partial charge is 0.325 e. The third-order valence-electron chi connectivity index (χ3n) is 3.79. The van der Waals surface area contributed by atoms with Gasteiger partial charge in [-0.05, 0) is 31.0 Å². The number of hydrogen-bond donors (Lipinski definition) is 2. The Morgan fingerprint density at radius 3 is 2.79 bits per heavy atom. The lowest BCUT2D eigenvalue weighted by atomic mass is 10.1. The van der Waals surface area contributed by atoms with Gasteiger partial charge in [-0.15, -0.1) is 35.0 Å². The lowest BCUT2D eigenvalue weighted by Gasteiger charge is -2.10. The molecule has 0 aliphatic carbocycles. The maximum absolute atomic E-state index is 11.4. The minimum absolute atomic E-state index is 0. The van der Waals surface area contributed by atoms with Crippen molar-refractivity contribution in [1.29, 1.82) is 0 Å². The van der Waals surface area contributed by atoms with Crippen molar-refractivity contribution in [3.8, 4) is 11.4 Å². The van der Waals surface area contributed by atoms with Gasteiger partial charge in [0.15, 0.2) is 5.82 Å². The third kappa shape index (κ3) is 4.39. The van der Waals surface area contributed by atoms with Crippen LogP contribution in [0.15, 0.2) is 18.2 Å². The monoisotopic (exact) mass is 391 g/mol. The number of anilines is 1. The molecule has 0 saturated carbocycles. The van der Waals surface area contributed by atoms with Gasteiger partial charge < -0.3 is 15.6 Å². The Kier molecular flexibility index (Phi) is 7.96. The zero-order chi connectivity index (χ0) is 15.5. The van der Waals surface area contributed by atoms with Gasteiger partial charge in [0.2, 0.25) is 5.91 Å². The fourth-order valence-corrected chi connectivity index (χ4v) is 2.87. The second-order valence-corrected chi connectivity index (χ2v) is 5.76. The van der Waals surface area contributed by atoms with Crippen LogP contribution in [0.5, 0.6) is 0 Å². The van der Waals surface area contributed by atoms with E-state index in [1.165, 1.54) is 6.42 Å². The van der Waals surface area contributed by atoms with E-state index in [4.69, 9.17) is 17.3 Å². The molecule has 0 atom stereocenters. The Bertz CT molecular complexity index is 704. The van der Waals surface area contributed by atoms with E-state index in [1.54, 1.807) is 12.1 Å². The van der Waals surface area contributed by atoms with Crippen LogP contribution in [-0.2, 0) is 17.8 Å². The average molecular weight is 393 g/mol. The number of aromatic nitrogens is 3. The number of carbonyl (C=O) groups excluding carboxylic acids is 1. The van der Waals surface area contributed by atoms with Crippen molar-refractivity contribution >= 4 is 48.0 Å². The molecule has 1 aliphatic rings. The standard InChI is InChI=1S/C15H18ClN5O.2ClH/c16-12-6-5-10(18-14(22)9-17)8-11(12)15-20-19-13-4-2-1-3-7-21(13)15;;/h5-6,8H,1-4,7,9,17H2,(H,18,22);2*1H. The summed E-state index contributed by atoms with van der Waals surface area (Å²) in [5, 5.41) is 11.9. The van der Waals surface area contributed by atoms with Crippen LogP contribution in [0.25, 0.3) is 11.4 Å². The van der Waals surface area contributed by atoms with Crippen molar-refractivity contribution < 1.29 is 4.79 Å². The Morgan fingerprint density at radius 1 is 1.25 bits per heavy atom. The van der Waals surface area contributed by atoms with Crippen LogP contribution in [0.1, 0.15) is 25.1 Å². The van der Waals surface area contributed by atoms with Crippen molar-refractivity contribution in [2.75, 3.05) is 11.9 Å². The van der Waals surface area contributed by atoms with Gasteiger partial charge in [0.05, 0.1) is 11.6 Å². The summed E-state index contributed by atoms with van der Waals surface area (Å²) in [5.41, 5.74) is 6.76. The molecule has 0 radical (unpaired) electrons. The topological polar surface area (TPSA) is 85.8 Å². The number of aryl methyl sites for hydroxylation is 1. The number of carbonyl (C=O) groups is 1. The van der Waals surface area contributed by atoms with Crippen molar-refractivity contribution in [3.05, 3.63) is 29.0 Å². The van der Waals surface area contributed by atoms with E-state index in [0.717, 1.165) is 43.0 Å². The number of halogens is 3. The molecule has 1 aliphatic heterocycles. The van der Waals surface area contributed by atoms with Gasteiger partial charge in [-0.25, -0.2) is 0 Å². The van der Waals surface area contributed by atoms with Gasteiger partial charge in [0.1, 0.15) is 5.82 Å². The van der Waals surface area contributed by atoms with Crippen LogP contribution in [0.2, 0.25) is 5.02 Å². The number of amides is 1. The molecule has 2 aromatic rings. The van der Waals surface area contributed by atoms with E-state index in [2.05, 4.69) is 20.1 Å². The van der Waals surface area contributed by atoms with E-state index in [9.17, 15) is 4.79 Å². The summed E-state index contributed by atoms with van der Waals surface area (Å²) in [6, 6.07) is 5.32. The summed E-state index contributed by atoms with van der Waals surface area (Å²) in [7, 11) is 0. The second kappa shape index (κ2) is 9.22. The summed E-state index contributed by atoms with van der Waals surface area (Å²) < 4.78 is 2.13. The highest BCUT2D eigenvalue weighted by molar-refractivity contribution is 6.33. The number of nitrogens with two attached hydrogens (primary N) is 1. The molecule has 24 heavy (non-hydrogen) atoms. The highest BCUT2D eigenvalue weighted by Gasteiger charge is 2.18. The fourth-order valence-electron chi connectivity index (χ4n) is 2.67. The molecule has 6 nitrogen and oxygen atoms in total. The molecule has 2 heterocycles. The third-order valence-corrected chi connectivity index (χ3v) is 4.12. The molecule has 0 saturated heterocycles. The van der Waals surface area contributed by atoms with Crippen LogP contribution in [-0.4, -0.2) is 27.2 Å². The van der Waals surface area contributed by atoms with E-state index in [1.807, 2.05) is 6.07 Å². The second-order valence-electron chi connectivity index (χ2n) is 5.35. The Balaban J connectivity index is 0.00000144. The van der Waals surface area contributed by atoms with Crippen LogP contribution in [0.3, 0.4) is 0 Å². The summed E-state index contributed by atoms with van der Waals surface area (Å²) in [6.07, 6.45) is 4.38. The lowest BCUT2D eigenvalue weighted by molar-refractivity contribution is -0.114. The molecule has 0 bridgehead atoms. The number of hydrogen-bond acceptors (Lipinski definition) is 4. The van der Waals surface area contributed by atoms with Crippen molar-refractivity contribution in [2.45, 2.75) is 32.2 Å². The average Bonchev–Trinajstić information content (AvgIpc) is 2.77. The quantitative estimate of drug-likeness (QED) is 0.840. The molecule has 1 amide bonds. The summed E-state index contributed by atoms with van der Waals surface area (Å²) in [6.45, 7) is 0.839. The van der Waals surface area contributed by atoms with Crippen LogP contribution in [0.4, 0.5) is 5.69 Å². The lowest BCUT2D eigenvalue weighted by Crippen LogP contribution is -2.21. The number of fused-ring (bicyclic) bond motifs is 1. The summed E-state index contributed by atoms with van der Waals surface area (Å²) in [5.74, 6) is 1.51. The molecular weight excluding hydrogens is 373 g/mol. The molecule has 1 aromatic heterocycles. The van der Waals surface area contributed by atoms with E-state index < -0.39 is 0 Å². The SMILES string of the molecule is Cl.Cl.NCC(=O)Nc1ccc(Cl)c(-c2nnc3n2CCCCC3)c1. The van der Waals surface area contributed by atoms with Crippen LogP contribution in [0, 0.1) is 0 Å². The van der Waals surface area contributed by atoms with Gasteiger partial charge in [-0.3, -0.25) is 4.79 Å². The van der Waals surface area contributed by atoms with Gasteiger partial charge in [-0.1, -0.05) is 18.0 Å². The first-order valence-electron chi connectivity index (χ1n) is 7.41. The molecule has 132 valence electrons. The first-order chi connectivity index (χ1) is 10.7. The molecule has 3 N–H and O–H groups in total. The normalized spacial score (nSPS) is 13.1. The van der Waals surface area contributed by atoms with Crippen molar-refractivity contribution in [1.82, 2.24) is 14.8 Å². The van der Waals surface area contributed by atoms with Gasteiger partial charge in [0, 0.05) is 24.2 Å². The first-order valence-corrected chi connectivity index (χ1v) is 7.79. The molecular formula is C15H20Cl3N5O. The summed E-state index contributed by atoms with van der Waals surface area (Å²) in [4.78, 5) is 11.4. The van der Waals surface area contributed by atoms with Crippen molar-refractivity contribution in [2.24, 2.45) is 5.73 Å². The Labute approximate surface area is 158 Å². The maximum atomic E-state index is 11.4. The first kappa shape index (κ1) is 20.7. The molecule has 1 aromatic carbocycles. The summed E-state index contributed by atoms with van der Waals surface area (Å²) >= 11 is 6.32. The van der Waals surface area contributed by atoms with Gasteiger partial charge in [0.25, 0.3) is 0 Å². The zero-order valence-corrected chi connectivity index (χ0v) is 15.4. The predicted octanol–water partition coefficient (Wildman–Crippen LogP) is 3.07.